The molecule has 1 unspecified atom stereocenters. The van der Waals surface area contributed by atoms with Crippen LogP contribution in [-0.4, -0.2) is 27.7 Å². The molecule has 0 aromatic carbocycles. The highest BCUT2D eigenvalue weighted by Gasteiger charge is 2.28. The van der Waals surface area contributed by atoms with Crippen molar-refractivity contribution in [1.29, 1.82) is 0 Å². The summed E-state index contributed by atoms with van der Waals surface area (Å²) in [4.78, 5) is 8.82. The van der Waals surface area contributed by atoms with Gasteiger partial charge in [-0.2, -0.15) is 0 Å². The number of hydrogen-bond donors (Lipinski definition) is 2. The summed E-state index contributed by atoms with van der Waals surface area (Å²) in [5.74, 6) is 2.06. The molecule has 2 rings (SSSR count). The lowest BCUT2D eigenvalue weighted by molar-refractivity contribution is 0.271. The molecule has 1 saturated carbocycles. The van der Waals surface area contributed by atoms with E-state index in [2.05, 4.69) is 15.3 Å². The van der Waals surface area contributed by atoms with Crippen LogP contribution in [0.15, 0.2) is 0 Å². The quantitative estimate of drug-likeness (QED) is 0.794. The van der Waals surface area contributed by atoms with Crippen LogP contribution >= 0.6 is 11.6 Å². The number of aliphatic hydroxyl groups is 1. The van der Waals surface area contributed by atoms with Crippen LogP contribution in [0.5, 0.6) is 0 Å². The van der Waals surface area contributed by atoms with E-state index in [1.165, 1.54) is 0 Å². The number of aliphatic hydroxyl groups excluding tert-OH is 1. The van der Waals surface area contributed by atoms with E-state index in [9.17, 15) is 5.11 Å². The summed E-state index contributed by atoms with van der Waals surface area (Å²) in [7, 11) is 0. The van der Waals surface area contributed by atoms with Crippen molar-refractivity contribution >= 4 is 17.4 Å². The molecule has 1 aromatic rings. The van der Waals surface area contributed by atoms with E-state index in [1.54, 1.807) is 0 Å². The molecule has 0 spiro atoms. The molecule has 1 aromatic heterocycles. The fourth-order valence-corrected chi connectivity index (χ4v) is 1.82. The largest absolute Gasteiger partial charge is 0.394 e. The fraction of sp³-hybridized carbons (Fsp3) is 0.667. The fourth-order valence-electron chi connectivity index (χ4n) is 1.64. The Balaban J connectivity index is 2.24. The highest BCUT2D eigenvalue weighted by atomic mass is 35.5. The summed E-state index contributed by atoms with van der Waals surface area (Å²) in [5, 5.41) is 12.9. The molecule has 94 valence electrons. The van der Waals surface area contributed by atoms with Gasteiger partial charge in [-0.1, -0.05) is 18.5 Å². The highest BCUT2D eigenvalue weighted by Crippen LogP contribution is 2.39. The molecule has 0 bridgehead atoms. The van der Waals surface area contributed by atoms with Crippen LogP contribution in [0.2, 0.25) is 5.15 Å². The number of halogens is 1. The van der Waals surface area contributed by atoms with Crippen molar-refractivity contribution in [3.05, 3.63) is 16.5 Å². The Kier molecular flexibility index (Phi) is 3.84. The zero-order valence-corrected chi connectivity index (χ0v) is 11.0. The van der Waals surface area contributed by atoms with Gasteiger partial charge in [-0.25, -0.2) is 9.97 Å². The number of rotatable bonds is 5. The first kappa shape index (κ1) is 12.6. The molecule has 17 heavy (non-hydrogen) atoms. The second-order valence-corrected chi connectivity index (χ2v) is 4.91. The number of nitrogens with zero attached hydrogens (tertiary/aromatic N) is 2. The predicted molar refractivity (Wildman–Crippen MR) is 68.5 cm³/mol. The number of nitrogens with one attached hydrogen (secondary N) is 1. The van der Waals surface area contributed by atoms with Crippen molar-refractivity contribution in [1.82, 2.24) is 9.97 Å². The van der Waals surface area contributed by atoms with E-state index in [0.717, 1.165) is 36.5 Å². The molecule has 0 aliphatic heterocycles. The van der Waals surface area contributed by atoms with Crippen molar-refractivity contribution in [3.8, 4) is 0 Å². The van der Waals surface area contributed by atoms with E-state index >= 15 is 0 Å². The SMILES string of the molecule is CCC(CO)Nc1nc(C2CC2)nc(Cl)c1C. The van der Waals surface area contributed by atoms with Crippen LogP contribution < -0.4 is 5.32 Å². The Bertz CT molecular complexity index is 403. The van der Waals surface area contributed by atoms with Gasteiger partial charge in [-0.15, -0.1) is 0 Å². The Morgan fingerprint density at radius 2 is 2.18 bits per heavy atom. The Morgan fingerprint density at radius 3 is 2.71 bits per heavy atom. The minimum atomic E-state index is 0.0201. The third-order valence-electron chi connectivity index (χ3n) is 3.10. The summed E-state index contributed by atoms with van der Waals surface area (Å²) in [5.41, 5.74) is 0.850. The molecule has 0 radical (unpaired) electrons. The Labute approximate surface area is 106 Å². The first-order chi connectivity index (χ1) is 8.15. The van der Waals surface area contributed by atoms with Gasteiger partial charge in [-0.05, 0) is 26.2 Å². The van der Waals surface area contributed by atoms with Crippen molar-refractivity contribution in [3.63, 3.8) is 0 Å². The molecule has 0 amide bonds. The smallest absolute Gasteiger partial charge is 0.137 e. The third kappa shape index (κ3) is 2.87. The lowest BCUT2D eigenvalue weighted by Crippen LogP contribution is -2.24. The van der Waals surface area contributed by atoms with Gasteiger partial charge in [0.25, 0.3) is 0 Å². The second-order valence-electron chi connectivity index (χ2n) is 4.55. The summed E-state index contributed by atoms with van der Waals surface area (Å²) in [6.07, 6.45) is 3.14. The third-order valence-corrected chi connectivity index (χ3v) is 3.47. The second kappa shape index (κ2) is 5.19. The first-order valence-electron chi connectivity index (χ1n) is 6.07. The van der Waals surface area contributed by atoms with Gasteiger partial charge in [-0.3, -0.25) is 0 Å². The molecule has 1 atom stereocenters. The number of hydrogen-bond acceptors (Lipinski definition) is 4. The van der Waals surface area contributed by atoms with Gasteiger partial charge in [0, 0.05) is 11.5 Å². The average Bonchev–Trinajstić information content (AvgIpc) is 3.15. The van der Waals surface area contributed by atoms with Crippen LogP contribution in [0, 0.1) is 6.92 Å². The van der Waals surface area contributed by atoms with Gasteiger partial charge in [0.1, 0.15) is 16.8 Å². The number of aromatic nitrogens is 2. The molecule has 4 nitrogen and oxygen atoms in total. The van der Waals surface area contributed by atoms with Crippen LogP contribution in [-0.2, 0) is 0 Å². The maximum absolute atomic E-state index is 9.20. The summed E-state index contributed by atoms with van der Waals surface area (Å²) >= 11 is 6.11. The van der Waals surface area contributed by atoms with Crippen molar-refractivity contribution in [2.75, 3.05) is 11.9 Å². The van der Waals surface area contributed by atoms with Crippen molar-refractivity contribution in [2.24, 2.45) is 0 Å². The maximum atomic E-state index is 9.20. The molecule has 1 fully saturated rings. The van der Waals surface area contributed by atoms with Gasteiger partial charge in [0.2, 0.25) is 0 Å². The van der Waals surface area contributed by atoms with E-state index in [0.29, 0.717) is 11.1 Å². The van der Waals surface area contributed by atoms with Gasteiger partial charge >= 0.3 is 0 Å². The van der Waals surface area contributed by atoms with Gasteiger partial charge < -0.3 is 10.4 Å². The number of anilines is 1. The summed E-state index contributed by atoms with van der Waals surface area (Å²) in [6, 6.07) is 0.0201. The predicted octanol–water partition coefficient (Wildman–Crippen LogP) is 2.50. The van der Waals surface area contributed by atoms with E-state index in [-0.39, 0.29) is 12.6 Å². The molecule has 1 heterocycles. The summed E-state index contributed by atoms with van der Waals surface area (Å²) in [6.45, 7) is 4.01. The topological polar surface area (TPSA) is 58.0 Å². The monoisotopic (exact) mass is 255 g/mol. The summed E-state index contributed by atoms with van der Waals surface area (Å²) < 4.78 is 0. The van der Waals surface area contributed by atoms with Crippen LogP contribution in [0.1, 0.15) is 43.5 Å². The molecular weight excluding hydrogens is 238 g/mol. The molecule has 0 saturated heterocycles. The van der Waals surface area contributed by atoms with E-state index in [1.807, 2.05) is 13.8 Å². The minimum absolute atomic E-state index is 0.0201. The van der Waals surface area contributed by atoms with Gasteiger partial charge in [0.15, 0.2) is 0 Å². The molecule has 5 heteroatoms. The van der Waals surface area contributed by atoms with Crippen molar-refractivity contribution < 1.29 is 5.11 Å². The molecular formula is C12H18ClN3O. The zero-order valence-electron chi connectivity index (χ0n) is 10.2. The molecule has 1 aliphatic carbocycles. The lowest BCUT2D eigenvalue weighted by Gasteiger charge is -2.17. The van der Waals surface area contributed by atoms with Crippen molar-refractivity contribution in [2.45, 2.75) is 45.1 Å². The Morgan fingerprint density at radius 1 is 1.47 bits per heavy atom. The van der Waals surface area contributed by atoms with Gasteiger partial charge in [0.05, 0.1) is 12.6 Å². The van der Waals surface area contributed by atoms with E-state index < -0.39 is 0 Å². The first-order valence-corrected chi connectivity index (χ1v) is 6.45. The molecule has 2 N–H and O–H groups in total. The zero-order chi connectivity index (χ0) is 12.4. The minimum Gasteiger partial charge on any atom is -0.394 e. The van der Waals surface area contributed by atoms with Crippen LogP contribution in [0.4, 0.5) is 5.82 Å². The Hall–Kier alpha value is -0.870. The molecule has 1 aliphatic rings. The average molecular weight is 256 g/mol. The van der Waals surface area contributed by atoms with Crippen LogP contribution in [0.3, 0.4) is 0 Å². The lowest BCUT2D eigenvalue weighted by atomic mass is 10.2. The van der Waals surface area contributed by atoms with E-state index in [4.69, 9.17) is 11.6 Å². The van der Waals surface area contributed by atoms with Crippen LogP contribution in [0.25, 0.3) is 0 Å². The standard InChI is InChI=1S/C12H18ClN3O/c1-3-9(6-17)14-11-7(2)10(13)15-12(16-11)8-4-5-8/h8-9,17H,3-6H2,1-2H3,(H,14,15,16). The normalized spacial score (nSPS) is 16.9. The highest BCUT2D eigenvalue weighted by molar-refractivity contribution is 6.30. The maximum Gasteiger partial charge on any atom is 0.137 e.